The predicted octanol–water partition coefficient (Wildman–Crippen LogP) is 4.03. The number of fused-ring (bicyclic) bond motifs is 1. The number of piperidine rings is 1. The van der Waals surface area contributed by atoms with E-state index in [2.05, 4.69) is 27.1 Å². The van der Waals surface area contributed by atoms with Crippen molar-refractivity contribution in [2.75, 3.05) is 24.5 Å². The van der Waals surface area contributed by atoms with Gasteiger partial charge in [0.25, 0.3) is 0 Å². The highest BCUT2D eigenvalue weighted by Gasteiger charge is 2.35. The van der Waals surface area contributed by atoms with Gasteiger partial charge in [0, 0.05) is 39.0 Å². The van der Waals surface area contributed by atoms with Crippen LogP contribution in [0, 0.1) is 11.8 Å². The van der Waals surface area contributed by atoms with Crippen LogP contribution in [0.5, 0.6) is 0 Å². The lowest BCUT2D eigenvalue weighted by Gasteiger charge is -2.38. The summed E-state index contributed by atoms with van der Waals surface area (Å²) >= 11 is 0. The van der Waals surface area contributed by atoms with E-state index >= 15 is 0 Å². The quantitative estimate of drug-likeness (QED) is 0.778. The second-order valence-corrected chi connectivity index (χ2v) is 7.62. The Balaban J connectivity index is 1.82. The summed E-state index contributed by atoms with van der Waals surface area (Å²) in [6, 6.07) is 2.63. The molecular weight excluding hydrogens is 369 g/mol. The molecule has 152 valence electrons. The summed E-state index contributed by atoms with van der Waals surface area (Å²) in [5.41, 5.74) is 0.141. The lowest BCUT2D eigenvalue weighted by atomic mass is 9.87. The maximum absolute atomic E-state index is 13.3. The third kappa shape index (κ3) is 4.72. The van der Waals surface area contributed by atoms with Crippen molar-refractivity contribution < 1.29 is 18.0 Å². The van der Waals surface area contributed by atoms with Gasteiger partial charge in [0.1, 0.15) is 11.0 Å². The molecular formula is C20H25F3N4O. The summed E-state index contributed by atoms with van der Waals surface area (Å²) < 4.78 is 40.0. The van der Waals surface area contributed by atoms with E-state index in [1.807, 2.05) is 0 Å². The van der Waals surface area contributed by atoms with Gasteiger partial charge in [-0.2, -0.15) is 13.2 Å². The number of halogens is 3. The number of hydrogen-bond donors (Lipinski definition) is 1. The van der Waals surface area contributed by atoms with Gasteiger partial charge in [0.05, 0.1) is 11.3 Å². The number of amides is 1. The van der Waals surface area contributed by atoms with Crippen LogP contribution in [0.25, 0.3) is 11.0 Å². The molecule has 0 saturated carbocycles. The standard InChI is InChI=1S/C20H25F3N4O/c1-13-10-15(4-3-7-24-14(2)28)12-27(11-13)17-6-5-16(20(21,22)23)18-19(17)26-9-8-25-18/h5-6,8-9,13,15H,3-4,7,10-12H2,1-2H3,(H,24,28)/t13-,15+/m0/s1. The van der Waals surface area contributed by atoms with Crippen LogP contribution in [0.4, 0.5) is 18.9 Å². The Hall–Kier alpha value is -2.38. The molecule has 0 bridgehead atoms. The number of rotatable bonds is 5. The van der Waals surface area contributed by atoms with Crippen LogP contribution in [0.1, 0.15) is 38.7 Å². The normalized spacial score (nSPS) is 20.4. The molecule has 1 amide bonds. The molecule has 2 atom stereocenters. The number of aromatic nitrogens is 2. The molecule has 8 heteroatoms. The maximum Gasteiger partial charge on any atom is 0.418 e. The van der Waals surface area contributed by atoms with Gasteiger partial charge >= 0.3 is 6.18 Å². The number of carbonyl (C=O) groups is 1. The van der Waals surface area contributed by atoms with Crippen molar-refractivity contribution in [3.63, 3.8) is 0 Å². The monoisotopic (exact) mass is 394 g/mol. The summed E-state index contributed by atoms with van der Waals surface area (Å²) in [7, 11) is 0. The van der Waals surface area contributed by atoms with Crippen LogP contribution in [0.2, 0.25) is 0 Å². The van der Waals surface area contributed by atoms with Crippen molar-refractivity contribution in [2.24, 2.45) is 11.8 Å². The molecule has 1 aromatic heterocycles. The maximum atomic E-state index is 13.3. The van der Waals surface area contributed by atoms with Crippen molar-refractivity contribution in [3.05, 3.63) is 30.1 Å². The second-order valence-electron chi connectivity index (χ2n) is 7.62. The zero-order chi connectivity index (χ0) is 20.3. The first-order chi connectivity index (χ1) is 13.3. The number of alkyl halides is 3. The molecule has 1 aliphatic rings. The van der Waals surface area contributed by atoms with E-state index < -0.39 is 11.7 Å². The number of carbonyl (C=O) groups excluding carboxylic acids is 1. The SMILES string of the molecule is CC(=O)NCCC[C@@H]1C[C@H](C)CN(c2ccc(C(F)(F)F)c3nccnc23)C1. The molecule has 2 aromatic rings. The topological polar surface area (TPSA) is 58.1 Å². The van der Waals surface area contributed by atoms with Crippen molar-refractivity contribution in [1.82, 2.24) is 15.3 Å². The van der Waals surface area contributed by atoms with E-state index in [1.165, 1.54) is 25.4 Å². The Bertz CT molecular complexity index is 840. The van der Waals surface area contributed by atoms with Crippen LogP contribution in [0.3, 0.4) is 0 Å². The number of anilines is 1. The first-order valence-electron chi connectivity index (χ1n) is 9.56. The zero-order valence-electron chi connectivity index (χ0n) is 16.1. The number of hydrogen-bond acceptors (Lipinski definition) is 4. The highest BCUT2D eigenvalue weighted by molar-refractivity contribution is 5.90. The van der Waals surface area contributed by atoms with E-state index in [4.69, 9.17) is 0 Å². The molecule has 1 fully saturated rings. The van der Waals surface area contributed by atoms with Gasteiger partial charge < -0.3 is 10.2 Å². The zero-order valence-corrected chi connectivity index (χ0v) is 16.1. The van der Waals surface area contributed by atoms with Crippen molar-refractivity contribution in [1.29, 1.82) is 0 Å². The van der Waals surface area contributed by atoms with Gasteiger partial charge in [-0.3, -0.25) is 14.8 Å². The first-order valence-corrected chi connectivity index (χ1v) is 9.56. The Labute approximate surface area is 162 Å². The van der Waals surface area contributed by atoms with Crippen molar-refractivity contribution in [3.8, 4) is 0 Å². The van der Waals surface area contributed by atoms with Gasteiger partial charge in [-0.15, -0.1) is 0 Å². The van der Waals surface area contributed by atoms with Crippen LogP contribution in [0.15, 0.2) is 24.5 Å². The molecule has 1 N–H and O–H groups in total. The first kappa shape index (κ1) is 20.4. The minimum atomic E-state index is -4.46. The summed E-state index contributed by atoms with van der Waals surface area (Å²) in [6.45, 7) is 5.85. The van der Waals surface area contributed by atoms with Gasteiger partial charge in [-0.25, -0.2) is 0 Å². The molecule has 0 unspecified atom stereocenters. The molecule has 0 spiro atoms. The van der Waals surface area contributed by atoms with Gasteiger partial charge in [-0.1, -0.05) is 6.92 Å². The molecule has 0 radical (unpaired) electrons. The average molecular weight is 394 g/mol. The third-order valence-corrected chi connectivity index (χ3v) is 5.16. The molecule has 2 heterocycles. The molecule has 0 aliphatic carbocycles. The summed E-state index contributed by atoms with van der Waals surface area (Å²) in [5.74, 6) is 0.813. The Kier molecular flexibility index (Phi) is 6.05. The van der Waals surface area contributed by atoms with Crippen LogP contribution in [-0.4, -0.2) is 35.5 Å². The van der Waals surface area contributed by atoms with E-state index in [0.29, 0.717) is 29.6 Å². The second kappa shape index (κ2) is 8.32. The molecule has 1 aromatic carbocycles. The van der Waals surface area contributed by atoms with Gasteiger partial charge in [-0.05, 0) is 43.2 Å². The fourth-order valence-corrected chi connectivity index (χ4v) is 4.07. The van der Waals surface area contributed by atoms with Gasteiger partial charge in [0.15, 0.2) is 0 Å². The highest BCUT2D eigenvalue weighted by Crippen LogP contribution is 2.38. The number of nitrogens with one attached hydrogen (secondary N) is 1. The molecule has 1 saturated heterocycles. The predicted molar refractivity (Wildman–Crippen MR) is 102 cm³/mol. The number of nitrogens with zero attached hydrogens (tertiary/aromatic N) is 3. The Morgan fingerprint density at radius 3 is 2.61 bits per heavy atom. The van der Waals surface area contributed by atoms with E-state index in [9.17, 15) is 18.0 Å². The molecule has 1 aliphatic heterocycles. The van der Waals surface area contributed by atoms with Crippen LogP contribution < -0.4 is 10.2 Å². The largest absolute Gasteiger partial charge is 0.418 e. The molecule has 5 nitrogen and oxygen atoms in total. The number of benzene rings is 1. The van der Waals surface area contributed by atoms with Crippen LogP contribution in [-0.2, 0) is 11.0 Å². The lowest BCUT2D eigenvalue weighted by molar-refractivity contribution is -0.136. The van der Waals surface area contributed by atoms with Crippen LogP contribution >= 0.6 is 0 Å². The average Bonchev–Trinajstić information content (AvgIpc) is 2.63. The fourth-order valence-electron chi connectivity index (χ4n) is 4.07. The van der Waals surface area contributed by atoms with E-state index in [1.54, 1.807) is 0 Å². The minimum absolute atomic E-state index is 0.0339. The highest BCUT2D eigenvalue weighted by atomic mass is 19.4. The fraction of sp³-hybridized carbons (Fsp3) is 0.550. The summed E-state index contributed by atoms with van der Waals surface area (Å²) in [6.07, 6.45) is 1.19. The molecule has 28 heavy (non-hydrogen) atoms. The van der Waals surface area contributed by atoms with E-state index in [0.717, 1.165) is 38.4 Å². The third-order valence-electron chi connectivity index (χ3n) is 5.16. The van der Waals surface area contributed by atoms with E-state index in [-0.39, 0.29) is 11.4 Å². The van der Waals surface area contributed by atoms with Crippen molar-refractivity contribution in [2.45, 2.75) is 39.3 Å². The molecule has 3 rings (SSSR count). The Morgan fingerprint density at radius 2 is 1.93 bits per heavy atom. The lowest BCUT2D eigenvalue weighted by Crippen LogP contribution is -2.40. The Morgan fingerprint density at radius 1 is 1.21 bits per heavy atom. The summed E-state index contributed by atoms with van der Waals surface area (Å²) in [4.78, 5) is 21.3. The minimum Gasteiger partial charge on any atom is -0.369 e. The van der Waals surface area contributed by atoms with Gasteiger partial charge in [0.2, 0.25) is 5.91 Å². The van der Waals surface area contributed by atoms with Crippen molar-refractivity contribution >= 4 is 22.6 Å². The smallest absolute Gasteiger partial charge is 0.369 e. The summed E-state index contributed by atoms with van der Waals surface area (Å²) in [5, 5.41) is 2.81.